The fourth-order valence-electron chi connectivity index (χ4n) is 4.33. The van der Waals surface area contributed by atoms with Crippen molar-refractivity contribution < 1.29 is 22.7 Å². The van der Waals surface area contributed by atoms with Gasteiger partial charge in [-0.05, 0) is 49.2 Å². The predicted molar refractivity (Wildman–Crippen MR) is 126 cm³/mol. The van der Waals surface area contributed by atoms with Crippen LogP contribution in [-0.2, 0) is 19.6 Å². The van der Waals surface area contributed by atoms with Crippen molar-refractivity contribution in [3.63, 3.8) is 0 Å². The zero-order valence-electron chi connectivity index (χ0n) is 18.5. The summed E-state index contributed by atoms with van der Waals surface area (Å²) in [7, 11) is -3.62. The Morgan fingerprint density at radius 3 is 2.24 bits per heavy atom. The van der Waals surface area contributed by atoms with Crippen LogP contribution in [0.5, 0.6) is 5.75 Å². The molecule has 1 amide bonds. The summed E-state index contributed by atoms with van der Waals surface area (Å²) in [5.41, 5.74) is -0.433. The summed E-state index contributed by atoms with van der Waals surface area (Å²) in [4.78, 5) is 15.1. The van der Waals surface area contributed by atoms with Gasteiger partial charge in [0.15, 0.2) is 0 Å². The minimum Gasteiger partial charge on any atom is -0.493 e. The molecular weight excluding hydrogens is 464 g/mol. The molecule has 0 N–H and O–H groups in total. The van der Waals surface area contributed by atoms with E-state index in [2.05, 4.69) is 0 Å². The summed E-state index contributed by atoms with van der Waals surface area (Å²) < 4.78 is 39.2. The van der Waals surface area contributed by atoms with Crippen LogP contribution in [0.3, 0.4) is 0 Å². The average Bonchev–Trinajstić information content (AvgIpc) is 2.85. The molecule has 2 saturated heterocycles. The molecule has 0 atom stereocenters. The molecular formula is C24H29ClN2O5S. The highest BCUT2D eigenvalue weighted by molar-refractivity contribution is 7.89. The molecule has 2 aliphatic rings. The van der Waals surface area contributed by atoms with Gasteiger partial charge in [-0.25, -0.2) is 8.42 Å². The molecule has 0 bridgehead atoms. The first kappa shape index (κ1) is 24.0. The molecule has 0 spiro atoms. The van der Waals surface area contributed by atoms with E-state index in [1.165, 1.54) is 16.4 Å². The fraction of sp³-hybridized carbons (Fsp3) is 0.458. The molecule has 2 fully saturated rings. The smallest absolute Gasteiger partial charge is 0.243 e. The van der Waals surface area contributed by atoms with Gasteiger partial charge in [0.05, 0.1) is 24.7 Å². The number of amides is 1. The maximum absolute atomic E-state index is 13.1. The molecule has 4 rings (SSSR count). The van der Waals surface area contributed by atoms with Gasteiger partial charge in [0.25, 0.3) is 0 Å². The van der Waals surface area contributed by atoms with Crippen LogP contribution in [-0.4, -0.2) is 69.5 Å². The van der Waals surface area contributed by atoms with Crippen LogP contribution in [0.2, 0.25) is 5.02 Å². The largest absolute Gasteiger partial charge is 0.493 e. The van der Waals surface area contributed by atoms with Crippen molar-refractivity contribution in [2.75, 3.05) is 46.0 Å². The highest BCUT2D eigenvalue weighted by Gasteiger charge is 2.41. The number of carbonyl (C=O) groups excluding carboxylic acids is 1. The van der Waals surface area contributed by atoms with Gasteiger partial charge in [-0.3, -0.25) is 4.79 Å². The Balaban J connectivity index is 1.48. The number of piperidine rings is 1. The van der Waals surface area contributed by atoms with E-state index in [9.17, 15) is 13.2 Å². The summed E-state index contributed by atoms with van der Waals surface area (Å²) in [6.45, 7) is 3.30. The Hall–Kier alpha value is -2.13. The van der Waals surface area contributed by atoms with E-state index in [1.807, 2.05) is 35.2 Å². The second-order valence-corrected chi connectivity index (χ2v) is 11.0. The van der Waals surface area contributed by atoms with E-state index in [4.69, 9.17) is 21.1 Å². The molecule has 9 heteroatoms. The zero-order chi connectivity index (χ0) is 23.3. The van der Waals surface area contributed by atoms with Gasteiger partial charge in [0.2, 0.25) is 15.9 Å². The molecule has 0 saturated carbocycles. The molecule has 2 heterocycles. The van der Waals surface area contributed by atoms with Crippen LogP contribution in [0.25, 0.3) is 0 Å². The van der Waals surface area contributed by atoms with Crippen LogP contribution < -0.4 is 4.74 Å². The van der Waals surface area contributed by atoms with Crippen molar-refractivity contribution in [3.8, 4) is 5.75 Å². The first-order valence-electron chi connectivity index (χ1n) is 11.2. The van der Waals surface area contributed by atoms with Crippen molar-refractivity contribution in [1.29, 1.82) is 0 Å². The molecule has 2 aromatic carbocycles. The number of rotatable bonds is 7. The summed E-state index contributed by atoms with van der Waals surface area (Å²) in [5.74, 6) is 0.816. The molecule has 178 valence electrons. The van der Waals surface area contributed by atoms with E-state index in [1.54, 1.807) is 12.1 Å². The molecule has 2 aliphatic heterocycles. The first-order chi connectivity index (χ1) is 15.9. The number of para-hydroxylation sites is 1. The van der Waals surface area contributed by atoms with Crippen LogP contribution >= 0.6 is 11.6 Å². The number of morpholine rings is 1. The maximum Gasteiger partial charge on any atom is 0.243 e. The van der Waals surface area contributed by atoms with E-state index in [-0.39, 0.29) is 10.8 Å². The van der Waals surface area contributed by atoms with E-state index in [0.717, 1.165) is 5.75 Å². The highest BCUT2D eigenvalue weighted by Crippen LogP contribution is 2.38. The number of nitrogens with zero attached hydrogens (tertiary/aromatic N) is 2. The summed E-state index contributed by atoms with van der Waals surface area (Å²) in [6, 6.07) is 15.7. The lowest BCUT2D eigenvalue weighted by molar-refractivity contribution is -0.139. The van der Waals surface area contributed by atoms with Gasteiger partial charge in [-0.2, -0.15) is 4.31 Å². The number of carbonyl (C=O) groups is 1. The summed E-state index contributed by atoms with van der Waals surface area (Å²) in [5, 5.41) is 0.492. The fourth-order valence-corrected chi connectivity index (χ4v) is 5.89. The van der Waals surface area contributed by atoms with Crippen LogP contribution in [0.4, 0.5) is 0 Å². The zero-order valence-corrected chi connectivity index (χ0v) is 20.1. The van der Waals surface area contributed by atoms with Crippen LogP contribution in [0.1, 0.15) is 19.3 Å². The lowest BCUT2D eigenvalue weighted by atomic mass is 9.76. The molecule has 33 heavy (non-hydrogen) atoms. The lowest BCUT2D eigenvalue weighted by Gasteiger charge is -2.41. The molecule has 0 radical (unpaired) electrons. The molecule has 0 aromatic heterocycles. The second-order valence-electron chi connectivity index (χ2n) is 8.63. The Bertz CT molecular complexity index is 1030. The number of hydrogen-bond donors (Lipinski definition) is 0. The number of halogens is 1. The van der Waals surface area contributed by atoms with E-state index < -0.39 is 15.4 Å². The molecule has 7 nitrogen and oxygen atoms in total. The standard InChI is InChI=1S/C24H29ClN2O5S/c25-20-6-8-22(9-7-20)33(29,30)27-12-10-24(11-13-27,19-32-21-4-2-1-3-5-21)18-23(28)26-14-16-31-17-15-26/h1-9H,10-19H2. The Kier molecular flexibility index (Phi) is 7.58. The third-order valence-corrected chi connectivity index (χ3v) is 8.58. The van der Waals surface area contributed by atoms with Gasteiger partial charge in [0, 0.05) is 43.0 Å². The Morgan fingerprint density at radius 2 is 1.61 bits per heavy atom. The van der Waals surface area contributed by atoms with Crippen molar-refractivity contribution in [3.05, 3.63) is 59.6 Å². The Morgan fingerprint density at radius 1 is 0.970 bits per heavy atom. The van der Waals surface area contributed by atoms with Crippen molar-refractivity contribution >= 4 is 27.5 Å². The Labute approximate surface area is 200 Å². The monoisotopic (exact) mass is 492 g/mol. The van der Waals surface area contributed by atoms with Gasteiger partial charge < -0.3 is 14.4 Å². The topological polar surface area (TPSA) is 76.2 Å². The van der Waals surface area contributed by atoms with Crippen LogP contribution in [0.15, 0.2) is 59.5 Å². The first-order valence-corrected chi connectivity index (χ1v) is 13.0. The number of benzene rings is 2. The third-order valence-electron chi connectivity index (χ3n) is 6.41. The van der Waals surface area contributed by atoms with Crippen molar-refractivity contribution in [2.45, 2.75) is 24.2 Å². The SMILES string of the molecule is O=C(CC1(COc2ccccc2)CCN(S(=O)(=O)c2ccc(Cl)cc2)CC1)N1CCOCC1. The number of ether oxygens (including phenoxy) is 2. The third kappa shape index (κ3) is 5.87. The summed E-state index contributed by atoms with van der Waals surface area (Å²) in [6.07, 6.45) is 1.42. The van der Waals surface area contributed by atoms with Crippen LogP contribution in [0, 0.1) is 5.41 Å². The normalized spacial score (nSPS) is 19.2. The average molecular weight is 493 g/mol. The molecule has 0 aliphatic carbocycles. The second kappa shape index (κ2) is 10.4. The van der Waals surface area contributed by atoms with Crippen molar-refractivity contribution in [2.24, 2.45) is 5.41 Å². The van der Waals surface area contributed by atoms with E-state index >= 15 is 0 Å². The molecule has 2 aromatic rings. The quantitative estimate of drug-likeness (QED) is 0.591. The van der Waals surface area contributed by atoms with Gasteiger partial charge >= 0.3 is 0 Å². The predicted octanol–water partition coefficient (Wildman–Crippen LogP) is 3.44. The van der Waals surface area contributed by atoms with Gasteiger partial charge in [-0.15, -0.1) is 0 Å². The highest BCUT2D eigenvalue weighted by atomic mass is 35.5. The number of sulfonamides is 1. The van der Waals surface area contributed by atoms with Gasteiger partial charge in [0.1, 0.15) is 5.75 Å². The van der Waals surface area contributed by atoms with E-state index in [0.29, 0.717) is 70.3 Å². The summed E-state index contributed by atoms with van der Waals surface area (Å²) >= 11 is 5.92. The minimum absolute atomic E-state index is 0.0731. The molecule has 0 unspecified atom stereocenters. The van der Waals surface area contributed by atoms with Gasteiger partial charge in [-0.1, -0.05) is 29.8 Å². The lowest BCUT2D eigenvalue weighted by Crippen LogP contribution is -2.49. The number of hydrogen-bond acceptors (Lipinski definition) is 5. The minimum atomic E-state index is -3.62. The maximum atomic E-state index is 13.1. The van der Waals surface area contributed by atoms with Crippen molar-refractivity contribution in [1.82, 2.24) is 9.21 Å².